The van der Waals surface area contributed by atoms with E-state index in [1.54, 1.807) is 0 Å². The van der Waals surface area contributed by atoms with Crippen LogP contribution in [0.4, 0.5) is 4.39 Å². The van der Waals surface area contributed by atoms with Crippen molar-refractivity contribution in [2.24, 2.45) is 0 Å². The molecule has 1 atom stereocenters. The Bertz CT molecular complexity index is 593. The van der Waals surface area contributed by atoms with Crippen LogP contribution in [0, 0.1) is 19.7 Å². The molecule has 2 rings (SSSR count). The lowest BCUT2D eigenvalue weighted by Crippen LogP contribution is -1.99. The molecule has 3 heteroatoms. The normalized spacial score (nSPS) is 12.5. The summed E-state index contributed by atoms with van der Waals surface area (Å²) < 4.78 is 14.7. The minimum atomic E-state index is -0.180. The quantitative estimate of drug-likeness (QED) is 0.578. The van der Waals surface area contributed by atoms with Crippen LogP contribution in [0.2, 0.25) is 0 Å². The highest BCUT2D eigenvalue weighted by atomic mass is 79.9. The molecule has 0 N–H and O–H groups in total. The van der Waals surface area contributed by atoms with Crippen molar-refractivity contribution in [1.29, 1.82) is 0 Å². The van der Waals surface area contributed by atoms with Gasteiger partial charge in [-0.2, -0.15) is 0 Å². The Hall–Kier alpha value is -0.670. The van der Waals surface area contributed by atoms with Gasteiger partial charge in [0.15, 0.2) is 0 Å². The fourth-order valence-corrected chi connectivity index (χ4v) is 3.08. The molecule has 19 heavy (non-hydrogen) atoms. The SMILES string of the molecule is Cc1ccc(CC(Br)c2ccc(Br)cc2F)cc1C. The molecule has 2 aromatic rings. The highest BCUT2D eigenvalue weighted by molar-refractivity contribution is 9.10. The fourth-order valence-electron chi connectivity index (χ4n) is 2.00. The van der Waals surface area contributed by atoms with Gasteiger partial charge in [-0.1, -0.05) is 56.1 Å². The van der Waals surface area contributed by atoms with Crippen molar-refractivity contribution in [2.45, 2.75) is 25.1 Å². The van der Waals surface area contributed by atoms with E-state index >= 15 is 0 Å². The van der Waals surface area contributed by atoms with Crippen molar-refractivity contribution < 1.29 is 4.39 Å². The Balaban J connectivity index is 2.20. The van der Waals surface area contributed by atoms with E-state index in [0.717, 1.165) is 10.9 Å². The van der Waals surface area contributed by atoms with Crippen LogP contribution in [0.25, 0.3) is 0 Å². The first-order valence-electron chi connectivity index (χ1n) is 6.12. The maximum absolute atomic E-state index is 13.9. The lowest BCUT2D eigenvalue weighted by atomic mass is 10.0. The monoisotopic (exact) mass is 384 g/mol. The molecule has 0 aliphatic heterocycles. The van der Waals surface area contributed by atoms with E-state index < -0.39 is 0 Å². The van der Waals surface area contributed by atoms with Crippen molar-refractivity contribution in [1.82, 2.24) is 0 Å². The smallest absolute Gasteiger partial charge is 0.128 e. The average Bonchev–Trinajstić information content (AvgIpc) is 2.33. The van der Waals surface area contributed by atoms with Gasteiger partial charge < -0.3 is 0 Å². The van der Waals surface area contributed by atoms with E-state index in [-0.39, 0.29) is 10.6 Å². The molecule has 0 bridgehead atoms. The van der Waals surface area contributed by atoms with Crippen LogP contribution in [0.1, 0.15) is 27.1 Å². The summed E-state index contributed by atoms with van der Waals surface area (Å²) in [6, 6.07) is 11.6. The Labute approximate surface area is 130 Å². The molecule has 0 saturated carbocycles. The minimum absolute atomic E-state index is 0.0114. The predicted octanol–water partition coefficient (Wildman–Crippen LogP) is 5.88. The number of alkyl halides is 1. The first-order valence-corrected chi connectivity index (χ1v) is 7.83. The van der Waals surface area contributed by atoms with Gasteiger partial charge in [-0.25, -0.2) is 4.39 Å². The Kier molecular flexibility index (Phi) is 4.80. The number of rotatable bonds is 3. The lowest BCUT2D eigenvalue weighted by molar-refractivity contribution is 0.607. The second-order valence-corrected chi connectivity index (χ2v) is 6.78. The van der Waals surface area contributed by atoms with Crippen LogP contribution in [0.15, 0.2) is 40.9 Å². The fraction of sp³-hybridized carbons (Fsp3) is 0.250. The minimum Gasteiger partial charge on any atom is -0.207 e. The van der Waals surface area contributed by atoms with Crippen molar-refractivity contribution in [3.8, 4) is 0 Å². The molecule has 0 aliphatic rings. The molecule has 0 aromatic heterocycles. The first-order chi connectivity index (χ1) is 8.97. The number of aryl methyl sites for hydroxylation is 2. The first kappa shape index (κ1) is 14.7. The molecule has 0 aliphatic carbocycles. The largest absolute Gasteiger partial charge is 0.207 e. The highest BCUT2D eigenvalue weighted by Gasteiger charge is 2.13. The van der Waals surface area contributed by atoms with Crippen LogP contribution < -0.4 is 0 Å². The Morgan fingerprint density at radius 2 is 1.79 bits per heavy atom. The van der Waals surface area contributed by atoms with Crippen LogP contribution in [0.3, 0.4) is 0 Å². The van der Waals surface area contributed by atoms with E-state index in [9.17, 15) is 4.39 Å². The van der Waals surface area contributed by atoms with Crippen molar-refractivity contribution in [3.63, 3.8) is 0 Å². The topological polar surface area (TPSA) is 0 Å². The number of hydrogen-bond acceptors (Lipinski definition) is 0. The third-order valence-electron chi connectivity index (χ3n) is 3.29. The molecule has 2 aromatic carbocycles. The zero-order chi connectivity index (χ0) is 14.0. The van der Waals surface area contributed by atoms with Gasteiger partial charge in [0.2, 0.25) is 0 Å². The van der Waals surface area contributed by atoms with Gasteiger partial charge >= 0.3 is 0 Å². The molecular weight excluding hydrogens is 371 g/mol. The molecule has 100 valence electrons. The summed E-state index contributed by atoms with van der Waals surface area (Å²) in [5.41, 5.74) is 4.46. The number of hydrogen-bond donors (Lipinski definition) is 0. The molecule has 0 saturated heterocycles. The molecule has 0 radical (unpaired) electrons. The second-order valence-electron chi connectivity index (χ2n) is 4.76. The number of halogens is 3. The van der Waals surface area contributed by atoms with Gasteiger partial charge in [-0.05, 0) is 49.1 Å². The number of benzene rings is 2. The van der Waals surface area contributed by atoms with Crippen molar-refractivity contribution in [3.05, 3.63) is 68.9 Å². The van der Waals surface area contributed by atoms with Crippen molar-refractivity contribution >= 4 is 31.9 Å². The summed E-state index contributed by atoms with van der Waals surface area (Å²) >= 11 is 6.86. The third-order valence-corrected chi connectivity index (χ3v) is 4.60. The summed E-state index contributed by atoms with van der Waals surface area (Å²) in [7, 11) is 0. The molecule has 0 amide bonds. The third kappa shape index (κ3) is 3.67. The van der Waals surface area contributed by atoms with Crippen LogP contribution in [0.5, 0.6) is 0 Å². The summed E-state index contributed by atoms with van der Waals surface area (Å²) in [6.07, 6.45) is 0.777. The molecule has 0 nitrogen and oxygen atoms in total. The molecular formula is C16H15Br2F. The van der Waals surface area contributed by atoms with E-state index in [1.165, 1.54) is 22.8 Å². The molecule has 0 heterocycles. The van der Waals surface area contributed by atoms with E-state index in [2.05, 4.69) is 63.9 Å². The summed E-state index contributed by atoms with van der Waals surface area (Å²) in [5, 5.41) is 0. The van der Waals surface area contributed by atoms with Crippen LogP contribution in [-0.4, -0.2) is 0 Å². The molecule has 0 spiro atoms. The average molecular weight is 386 g/mol. The zero-order valence-electron chi connectivity index (χ0n) is 10.9. The maximum Gasteiger partial charge on any atom is 0.128 e. The van der Waals surface area contributed by atoms with Gasteiger partial charge in [-0.15, -0.1) is 0 Å². The van der Waals surface area contributed by atoms with Crippen molar-refractivity contribution in [2.75, 3.05) is 0 Å². The van der Waals surface area contributed by atoms with Crippen LogP contribution in [-0.2, 0) is 6.42 Å². The van der Waals surface area contributed by atoms with Gasteiger partial charge in [0.1, 0.15) is 5.82 Å². The Morgan fingerprint density at radius 3 is 2.42 bits per heavy atom. The molecule has 0 fully saturated rings. The van der Waals surface area contributed by atoms with E-state index in [4.69, 9.17) is 0 Å². The Morgan fingerprint density at radius 1 is 1.05 bits per heavy atom. The summed E-state index contributed by atoms with van der Waals surface area (Å²) in [6.45, 7) is 4.20. The maximum atomic E-state index is 13.9. The summed E-state index contributed by atoms with van der Waals surface area (Å²) in [5.74, 6) is -0.180. The standard InChI is InChI=1S/C16H15Br2F/c1-10-3-4-12(7-11(10)2)8-15(18)14-6-5-13(17)9-16(14)19/h3-7,9,15H,8H2,1-2H3. The predicted molar refractivity (Wildman–Crippen MR) is 85.4 cm³/mol. The summed E-state index contributed by atoms with van der Waals surface area (Å²) in [4.78, 5) is -0.0114. The van der Waals surface area contributed by atoms with Gasteiger partial charge in [-0.3, -0.25) is 0 Å². The van der Waals surface area contributed by atoms with Gasteiger partial charge in [0, 0.05) is 14.9 Å². The second kappa shape index (κ2) is 6.19. The van der Waals surface area contributed by atoms with Gasteiger partial charge in [0.05, 0.1) is 0 Å². The van der Waals surface area contributed by atoms with E-state index in [1.807, 2.05) is 12.1 Å². The van der Waals surface area contributed by atoms with E-state index in [0.29, 0.717) is 5.56 Å². The van der Waals surface area contributed by atoms with Crippen LogP contribution >= 0.6 is 31.9 Å². The highest BCUT2D eigenvalue weighted by Crippen LogP contribution is 2.30. The lowest BCUT2D eigenvalue weighted by Gasteiger charge is -2.13. The van der Waals surface area contributed by atoms with Gasteiger partial charge in [0.25, 0.3) is 0 Å². The zero-order valence-corrected chi connectivity index (χ0v) is 14.1. The molecule has 1 unspecified atom stereocenters.